The zero-order valence-corrected chi connectivity index (χ0v) is 11.0. The van der Waals surface area contributed by atoms with E-state index in [1.165, 1.54) is 0 Å². The van der Waals surface area contributed by atoms with E-state index in [9.17, 15) is 26.7 Å². The van der Waals surface area contributed by atoms with E-state index in [0.717, 1.165) is 7.11 Å². The second-order valence-corrected chi connectivity index (χ2v) is 4.22. The fraction of sp³-hybridized carbons (Fsp3) is 0.400. The van der Waals surface area contributed by atoms with Crippen molar-refractivity contribution in [1.29, 1.82) is 0 Å². The first-order chi connectivity index (χ1) is 8.66. The number of esters is 1. The predicted octanol–water partition coefficient (Wildman–Crippen LogP) is 3.52. The van der Waals surface area contributed by atoms with Gasteiger partial charge in [-0.25, -0.2) is 13.8 Å². The van der Waals surface area contributed by atoms with Crippen molar-refractivity contribution in [1.82, 2.24) is 4.98 Å². The van der Waals surface area contributed by atoms with Crippen molar-refractivity contribution in [2.24, 2.45) is 0 Å². The van der Waals surface area contributed by atoms with Crippen LogP contribution in [0.2, 0.25) is 0 Å². The Kier molecular flexibility index (Phi) is 4.83. The molecule has 1 heterocycles. The average molecular weight is 348 g/mol. The predicted molar refractivity (Wildman–Crippen MR) is 57.6 cm³/mol. The van der Waals surface area contributed by atoms with Gasteiger partial charge in [-0.1, -0.05) is 0 Å². The number of aromatic nitrogens is 1. The number of pyridine rings is 1. The molecule has 0 aliphatic heterocycles. The molecule has 3 nitrogen and oxygen atoms in total. The summed E-state index contributed by atoms with van der Waals surface area (Å²) in [7, 11) is 0.993. The third-order valence-electron chi connectivity index (χ3n) is 2.17. The van der Waals surface area contributed by atoms with Crippen LogP contribution >= 0.6 is 15.9 Å². The van der Waals surface area contributed by atoms with Crippen LogP contribution in [0.15, 0.2) is 10.7 Å². The molecule has 0 saturated carbocycles. The molecule has 0 radical (unpaired) electrons. The van der Waals surface area contributed by atoms with Gasteiger partial charge >= 0.3 is 12.1 Å². The molecule has 9 heteroatoms. The van der Waals surface area contributed by atoms with Gasteiger partial charge in [-0.05, 0) is 22.0 Å². The number of halogens is 6. The summed E-state index contributed by atoms with van der Waals surface area (Å²) in [5, 5.41) is 0. The Morgan fingerprint density at radius 2 is 2.05 bits per heavy atom. The molecule has 1 aromatic rings. The maximum atomic E-state index is 12.8. The van der Waals surface area contributed by atoms with Crippen LogP contribution in [0.1, 0.15) is 23.2 Å². The highest BCUT2D eigenvalue weighted by molar-refractivity contribution is 9.10. The number of alkyl halides is 5. The van der Waals surface area contributed by atoms with Crippen LogP contribution in [0.3, 0.4) is 0 Å². The van der Waals surface area contributed by atoms with Gasteiger partial charge in [0.05, 0.1) is 30.4 Å². The third kappa shape index (κ3) is 3.85. The standard InChI is InChI=1S/C10H7BrF5NO2/c1-19-7(18)3-5-8(9(12)13)4(10(14,15)16)2-6(11)17-5/h2,9H,3H2,1H3. The Labute approximate surface area is 112 Å². The summed E-state index contributed by atoms with van der Waals surface area (Å²) >= 11 is 2.69. The summed E-state index contributed by atoms with van der Waals surface area (Å²) < 4.78 is 67.6. The minimum atomic E-state index is -4.97. The van der Waals surface area contributed by atoms with Crippen molar-refractivity contribution in [2.75, 3.05) is 7.11 Å². The highest BCUT2D eigenvalue weighted by Crippen LogP contribution is 2.39. The molecule has 1 rings (SSSR count). The quantitative estimate of drug-likeness (QED) is 0.477. The molecule has 0 aliphatic rings. The van der Waals surface area contributed by atoms with Crippen molar-refractivity contribution in [2.45, 2.75) is 19.0 Å². The molecule has 0 atom stereocenters. The summed E-state index contributed by atoms with van der Waals surface area (Å²) in [6.45, 7) is 0. The summed E-state index contributed by atoms with van der Waals surface area (Å²) in [4.78, 5) is 14.5. The van der Waals surface area contributed by atoms with E-state index >= 15 is 0 Å². The van der Waals surface area contributed by atoms with Crippen LogP contribution in [-0.4, -0.2) is 18.1 Å². The lowest BCUT2D eigenvalue weighted by Gasteiger charge is -2.16. The van der Waals surface area contributed by atoms with E-state index in [2.05, 4.69) is 25.7 Å². The van der Waals surface area contributed by atoms with Gasteiger partial charge in [0, 0.05) is 0 Å². The van der Waals surface area contributed by atoms with Gasteiger partial charge < -0.3 is 4.74 Å². The Bertz CT molecular complexity index is 490. The number of carbonyl (C=O) groups excluding carboxylic acids is 1. The number of hydrogen-bond acceptors (Lipinski definition) is 3. The van der Waals surface area contributed by atoms with Crippen LogP contribution in [0.5, 0.6) is 0 Å². The van der Waals surface area contributed by atoms with E-state index in [0.29, 0.717) is 6.07 Å². The minimum absolute atomic E-state index is 0.289. The second kappa shape index (κ2) is 5.81. The van der Waals surface area contributed by atoms with E-state index in [-0.39, 0.29) is 4.60 Å². The number of nitrogens with zero attached hydrogens (tertiary/aromatic N) is 1. The topological polar surface area (TPSA) is 39.2 Å². The van der Waals surface area contributed by atoms with Crippen molar-refractivity contribution in [3.8, 4) is 0 Å². The van der Waals surface area contributed by atoms with E-state index < -0.39 is 41.8 Å². The van der Waals surface area contributed by atoms with Crippen molar-refractivity contribution in [3.05, 3.63) is 27.5 Å². The highest BCUT2D eigenvalue weighted by Gasteiger charge is 2.38. The first-order valence-corrected chi connectivity index (χ1v) is 5.57. The number of carbonyl (C=O) groups is 1. The number of hydrogen-bond donors (Lipinski definition) is 0. The molecule has 0 aliphatic carbocycles. The maximum Gasteiger partial charge on any atom is 0.417 e. The van der Waals surface area contributed by atoms with E-state index in [1.54, 1.807) is 0 Å². The molecule has 0 spiro atoms. The summed E-state index contributed by atoms with van der Waals surface area (Å²) in [5.74, 6) is -0.958. The van der Waals surface area contributed by atoms with Crippen molar-refractivity contribution < 1.29 is 31.5 Å². The molecule has 0 amide bonds. The molecule has 0 fully saturated rings. The van der Waals surface area contributed by atoms with Crippen molar-refractivity contribution in [3.63, 3.8) is 0 Å². The Balaban J connectivity index is 3.45. The second-order valence-electron chi connectivity index (χ2n) is 3.40. The molecule has 0 aromatic carbocycles. The lowest BCUT2D eigenvalue weighted by Crippen LogP contribution is -2.16. The minimum Gasteiger partial charge on any atom is -0.469 e. The SMILES string of the molecule is COC(=O)Cc1nc(Br)cc(C(F)(F)F)c1C(F)F. The summed E-state index contributed by atoms with van der Waals surface area (Å²) in [6.07, 6.45) is -9.14. The van der Waals surface area contributed by atoms with Gasteiger partial charge in [0.25, 0.3) is 6.43 Å². The van der Waals surface area contributed by atoms with Crippen LogP contribution < -0.4 is 0 Å². The molecular formula is C10H7BrF5NO2. The first kappa shape index (κ1) is 15.8. The zero-order valence-electron chi connectivity index (χ0n) is 9.39. The van der Waals surface area contributed by atoms with Crippen LogP contribution in [-0.2, 0) is 22.1 Å². The number of methoxy groups -OCH3 is 1. The van der Waals surface area contributed by atoms with E-state index in [1.807, 2.05) is 0 Å². The highest BCUT2D eigenvalue weighted by atomic mass is 79.9. The molecule has 106 valence electrons. The summed E-state index contributed by atoms with van der Waals surface area (Å²) in [6, 6.07) is 0.447. The Hall–Kier alpha value is -1.25. The monoisotopic (exact) mass is 347 g/mol. The molecule has 0 N–H and O–H groups in total. The molecule has 0 saturated heterocycles. The smallest absolute Gasteiger partial charge is 0.417 e. The van der Waals surface area contributed by atoms with Gasteiger partial charge in [0.1, 0.15) is 4.60 Å². The maximum absolute atomic E-state index is 12.8. The average Bonchev–Trinajstić information content (AvgIpc) is 2.26. The molecule has 0 unspecified atom stereocenters. The first-order valence-electron chi connectivity index (χ1n) is 4.78. The van der Waals surface area contributed by atoms with Gasteiger partial charge in [-0.3, -0.25) is 4.79 Å². The Morgan fingerprint density at radius 3 is 2.47 bits per heavy atom. The van der Waals surface area contributed by atoms with Gasteiger partial charge in [-0.15, -0.1) is 0 Å². The molecule has 19 heavy (non-hydrogen) atoms. The van der Waals surface area contributed by atoms with Crippen LogP contribution in [0, 0.1) is 0 Å². The van der Waals surface area contributed by atoms with Crippen LogP contribution in [0.4, 0.5) is 22.0 Å². The summed E-state index contributed by atoms with van der Waals surface area (Å²) in [5.41, 5.74) is -3.49. The van der Waals surface area contributed by atoms with Gasteiger partial charge in [0.15, 0.2) is 0 Å². The lowest BCUT2D eigenvalue weighted by molar-refractivity contribution is -0.141. The number of rotatable bonds is 3. The molecule has 1 aromatic heterocycles. The van der Waals surface area contributed by atoms with Gasteiger partial charge in [0.2, 0.25) is 0 Å². The van der Waals surface area contributed by atoms with Crippen LogP contribution in [0.25, 0.3) is 0 Å². The lowest BCUT2D eigenvalue weighted by atomic mass is 10.0. The van der Waals surface area contributed by atoms with Crippen molar-refractivity contribution >= 4 is 21.9 Å². The zero-order chi connectivity index (χ0) is 14.8. The third-order valence-corrected chi connectivity index (χ3v) is 2.58. The van der Waals surface area contributed by atoms with E-state index in [4.69, 9.17) is 0 Å². The van der Waals surface area contributed by atoms with Gasteiger partial charge in [-0.2, -0.15) is 13.2 Å². The number of ether oxygens (including phenoxy) is 1. The Morgan fingerprint density at radius 1 is 1.47 bits per heavy atom. The molecule has 0 bridgehead atoms. The normalized spacial score (nSPS) is 11.8. The largest absolute Gasteiger partial charge is 0.469 e. The fourth-order valence-electron chi connectivity index (χ4n) is 1.40. The fourth-order valence-corrected chi connectivity index (χ4v) is 1.84. The molecular weight excluding hydrogens is 341 g/mol.